The molecule has 19 heavy (non-hydrogen) atoms. The zero-order valence-electron chi connectivity index (χ0n) is 12.8. The Balaban J connectivity index is 2.61. The molecule has 0 amide bonds. The van der Waals surface area contributed by atoms with E-state index in [1.807, 2.05) is 27.0 Å². The van der Waals surface area contributed by atoms with Crippen LogP contribution in [0.2, 0.25) is 0 Å². The first-order valence-corrected chi connectivity index (χ1v) is 6.84. The summed E-state index contributed by atoms with van der Waals surface area (Å²) in [5, 5.41) is 3.33. The van der Waals surface area contributed by atoms with Gasteiger partial charge in [0.05, 0.1) is 0 Å². The van der Waals surface area contributed by atoms with Gasteiger partial charge in [0, 0.05) is 31.7 Å². The van der Waals surface area contributed by atoms with Crippen molar-refractivity contribution in [1.29, 1.82) is 0 Å². The maximum absolute atomic E-state index is 6.02. The summed E-state index contributed by atoms with van der Waals surface area (Å²) in [6.07, 6.45) is 2.72. The van der Waals surface area contributed by atoms with Gasteiger partial charge >= 0.3 is 0 Å². The molecule has 0 saturated carbocycles. The van der Waals surface area contributed by atoms with Gasteiger partial charge in [-0.1, -0.05) is 13.8 Å². The van der Waals surface area contributed by atoms with Gasteiger partial charge in [0.15, 0.2) is 0 Å². The van der Waals surface area contributed by atoms with Crippen LogP contribution in [0.5, 0.6) is 0 Å². The molecule has 0 atom stereocenters. The van der Waals surface area contributed by atoms with Crippen molar-refractivity contribution in [1.82, 2.24) is 9.97 Å². The summed E-state index contributed by atoms with van der Waals surface area (Å²) in [4.78, 5) is 10.6. The highest BCUT2D eigenvalue weighted by Gasteiger charge is 2.15. The van der Waals surface area contributed by atoms with Crippen LogP contribution in [0.15, 0.2) is 12.4 Å². The molecule has 5 nitrogen and oxygen atoms in total. The van der Waals surface area contributed by atoms with Crippen LogP contribution < -0.4 is 16.0 Å². The first-order chi connectivity index (χ1) is 8.78. The fourth-order valence-electron chi connectivity index (χ4n) is 1.83. The van der Waals surface area contributed by atoms with Crippen molar-refractivity contribution >= 4 is 11.6 Å². The van der Waals surface area contributed by atoms with Gasteiger partial charge in [0.2, 0.25) is 0 Å². The Bertz CT molecular complexity index is 384. The van der Waals surface area contributed by atoms with E-state index >= 15 is 0 Å². The molecule has 1 heterocycles. The Labute approximate surface area is 116 Å². The second kappa shape index (κ2) is 6.70. The molecule has 0 aliphatic rings. The lowest BCUT2D eigenvalue weighted by atomic mass is 10.1. The second-order valence-corrected chi connectivity index (χ2v) is 6.22. The van der Waals surface area contributed by atoms with Gasteiger partial charge in [-0.15, -0.1) is 0 Å². The van der Waals surface area contributed by atoms with Crippen LogP contribution in [-0.2, 0) is 0 Å². The van der Waals surface area contributed by atoms with E-state index in [4.69, 9.17) is 5.73 Å². The standard InChI is InChI=1S/C14H27N5/c1-11(2)6-7-16-12-8-13(18-10-17-12)19(5)9-14(3,4)15/h8,10-11H,6-7,9,15H2,1-5H3,(H,16,17,18). The van der Waals surface area contributed by atoms with Crippen LogP contribution in [0.3, 0.4) is 0 Å². The fourth-order valence-corrected chi connectivity index (χ4v) is 1.83. The summed E-state index contributed by atoms with van der Waals surface area (Å²) < 4.78 is 0. The molecule has 0 fully saturated rings. The topological polar surface area (TPSA) is 67.1 Å². The number of nitrogens with one attached hydrogen (secondary N) is 1. The van der Waals surface area contributed by atoms with E-state index in [0.29, 0.717) is 5.92 Å². The van der Waals surface area contributed by atoms with Gasteiger partial charge in [-0.25, -0.2) is 9.97 Å². The molecule has 0 saturated heterocycles. The highest BCUT2D eigenvalue weighted by Crippen LogP contribution is 2.14. The number of hydrogen-bond donors (Lipinski definition) is 2. The van der Waals surface area contributed by atoms with Gasteiger partial charge in [0.25, 0.3) is 0 Å². The molecule has 0 bridgehead atoms. The van der Waals surface area contributed by atoms with Crippen molar-refractivity contribution in [3.05, 3.63) is 12.4 Å². The molecule has 108 valence electrons. The third-order valence-electron chi connectivity index (χ3n) is 2.72. The molecule has 0 spiro atoms. The fraction of sp³-hybridized carbons (Fsp3) is 0.714. The van der Waals surface area contributed by atoms with Crippen LogP contribution in [0, 0.1) is 5.92 Å². The number of anilines is 2. The zero-order valence-corrected chi connectivity index (χ0v) is 12.8. The molecular formula is C14H27N5. The molecule has 1 aromatic heterocycles. The van der Waals surface area contributed by atoms with Crippen molar-refractivity contribution in [2.24, 2.45) is 11.7 Å². The van der Waals surface area contributed by atoms with Crippen LogP contribution in [0.25, 0.3) is 0 Å². The van der Waals surface area contributed by atoms with Gasteiger partial charge in [0.1, 0.15) is 18.0 Å². The van der Waals surface area contributed by atoms with E-state index in [-0.39, 0.29) is 5.54 Å². The van der Waals surface area contributed by atoms with Crippen LogP contribution >= 0.6 is 0 Å². The maximum Gasteiger partial charge on any atom is 0.133 e. The van der Waals surface area contributed by atoms with E-state index < -0.39 is 0 Å². The minimum absolute atomic E-state index is 0.245. The highest BCUT2D eigenvalue weighted by atomic mass is 15.2. The molecule has 5 heteroatoms. The summed E-state index contributed by atoms with van der Waals surface area (Å²) in [5.41, 5.74) is 5.78. The molecule has 0 aliphatic heterocycles. The van der Waals surface area contributed by atoms with Crippen molar-refractivity contribution in [3.8, 4) is 0 Å². The van der Waals surface area contributed by atoms with Gasteiger partial charge in [-0.05, 0) is 26.2 Å². The quantitative estimate of drug-likeness (QED) is 0.790. The summed E-state index contributed by atoms with van der Waals surface area (Å²) in [6.45, 7) is 10.1. The second-order valence-electron chi connectivity index (χ2n) is 6.22. The third kappa shape index (κ3) is 6.38. The van der Waals surface area contributed by atoms with Crippen LogP contribution in [0.4, 0.5) is 11.6 Å². The molecule has 3 N–H and O–H groups in total. The lowest BCUT2D eigenvalue weighted by Crippen LogP contribution is -2.44. The number of nitrogens with two attached hydrogens (primary N) is 1. The zero-order chi connectivity index (χ0) is 14.5. The average Bonchev–Trinajstić information content (AvgIpc) is 2.26. The van der Waals surface area contributed by atoms with E-state index in [0.717, 1.165) is 31.1 Å². The first-order valence-electron chi connectivity index (χ1n) is 6.84. The van der Waals surface area contributed by atoms with Gasteiger partial charge < -0.3 is 16.0 Å². The van der Waals surface area contributed by atoms with Crippen molar-refractivity contribution in [3.63, 3.8) is 0 Å². The highest BCUT2D eigenvalue weighted by molar-refractivity contribution is 5.48. The van der Waals surface area contributed by atoms with Gasteiger partial charge in [-0.3, -0.25) is 0 Å². The first kappa shape index (κ1) is 15.7. The predicted molar refractivity (Wildman–Crippen MR) is 81.5 cm³/mol. The van der Waals surface area contributed by atoms with Crippen molar-refractivity contribution < 1.29 is 0 Å². The lowest BCUT2D eigenvalue weighted by molar-refractivity contribution is 0.517. The van der Waals surface area contributed by atoms with E-state index in [1.54, 1.807) is 6.33 Å². The van der Waals surface area contributed by atoms with Crippen molar-refractivity contribution in [2.45, 2.75) is 39.7 Å². The number of rotatable bonds is 7. The summed E-state index contributed by atoms with van der Waals surface area (Å²) in [7, 11) is 1.99. The molecular weight excluding hydrogens is 238 g/mol. The van der Waals surface area contributed by atoms with Gasteiger partial charge in [-0.2, -0.15) is 0 Å². The molecule has 1 aromatic rings. The largest absolute Gasteiger partial charge is 0.370 e. The summed E-state index contributed by atoms with van der Waals surface area (Å²) >= 11 is 0. The number of nitrogens with zero attached hydrogens (tertiary/aromatic N) is 3. The Kier molecular flexibility index (Phi) is 5.54. The van der Waals surface area contributed by atoms with Crippen LogP contribution in [0.1, 0.15) is 34.1 Å². The number of likely N-dealkylation sites (N-methyl/N-ethyl adjacent to an activating group) is 1. The molecule has 0 unspecified atom stereocenters. The third-order valence-corrected chi connectivity index (χ3v) is 2.72. The SMILES string of the molecule is CC(C)CCNc1cc(N(C)CC(C)(C)N)ncn1. The number of hydrogen-bond acceptors (Lipinski definition) is 5. The van der Waals surface area contributed by atoms with Crippen LogP contribution in [-0.4, -0.2) is 35.6 Å². The lowest BCUT2D eigenvalue weighted by Gasteiger charge is -2.27. The van der Waals surface area contributed by atoms with Crippen molar-refractivity contribution in [2.75, 3.05) is 30.4 Å². The Hall–Kier alpha value is -1.36. The molecule has 0 radical (unpaired) electrons. The normalized spacial score (nSPS) is 11.7. The predicted octanol–water partition coefficient (Wildman–Crippen LogP) is 2.11. The average molecular weight is 265 g/mol. The minimum Gasteiger partial charge on any atom is -0.370 e. The Morgan fingerprint density at radius 3 is 2.63 bits per heavy atom. The maximum atomic E-state index is 6.02. The smallest absolute Gasteiger partial charge is 0.133 e. The number of aromatic nitrogens is 2. The van der Waals surface area contributed by atoms with E-state index in [9.17, 15) is 0 Å². The summed E-state index contributed by atoms with van der Waals surface area (Å²) in [6, 6.07) is 1.96. The Morgan fingerprint density at radius 2 is 2.05 bits per heavy atom. The van der Waals surface area contributed by atoms with E-state index in [2.05, 4.69) is 34.0 Å². The molecule has 1 rings (SSSR count). The molecule has 0 aromatic carbocycles. The molecule has 0 aliphatic carbocycles. The van der Waals surface area contributed by atoms with E-state index in [1.165, 1.54) is 0 Å². The minimum atomic E-state index is -0.245. The monoisotopic (exact) mass is 265 g/mol. The Morgan fingerprint density at radius 1 is 1.37 bits per heavy atom. The summed E-state index contributed by atoms with van der Waals surface area (Å²) in [5.74, 6) is 2.45.